The molecule has 1 rings (SSSR count). The first-order chi connectivity index (χ1) is 8.62. The Morgan fingerprint density at radius 2 is 2.06 bits per heavy atom. The molecule has 0 aromatic heterocycles. The van der Waals surface area contributed by atoms with Crippen molar-refractivity contribution in [2.45, 2.75) is 25.5 Å². The van der Waals surface area contributed by atoms with Crippen molar-refractivity contribution in [3.05, 3.63) is 35.9 Å². The molecule has 0 fully saturated rings. The maximum absolute atomic E-state index is 11.6. The number of nitrogens with one attached hydrogen (secondary N) is 2. The van der Waals surface area contributed by atoms with Crippen molar-refractivity contribution >= 4 is 17.6 Å². The fourth-order valence-corrected chi connectivity index (χ4v) is 1.84. The number of carbonyl (C=O) groups excluding carboxylic acids is 1. The molecule has 0 aliphatic carbocycles. The van der Waals surface area contributed by atoms with Crippen molar-refractivity contribution in [2.75, 3.05) is 12.4 Å². The lowest BCUT2D eigenvalue weighted by Crippen LogP contribution is -2.50. The average Bonchev–Trinajstić information content (AvgIpc) is 2.37. The summed E-state index contributed by atoms with van der Waals surface area (Å²) in [6, 6.07) is 8.68. The maximum Gasteiger partial charge on any atom is 0.317 e. The smallest absolute Gasteiger partial charge is 0.317 e. The van der Waals surface area contributed by atoms with E-state index in [0.29, 0.717) is 24.4 Å². The van der Waals surface area contributed by atoms with Crippen molar-refractivity contribution in [1.29, 1.82) is 0 Å². The lowest BCUT2D eigenvalue weighted by Gasteiger charge is -2.29. The van der Waals surface area contributed by atoms with Crippen LogP contribution in [0.3, 0.4) is 0 Å². The van der Waals surface area contributed by atoms with Crippen molar-refractivity contribution in [3.63, 3.8) is 0 Å². The van der Waals surface area contributed by atoms with E-state index in [-0.39, 0.29) is 0 Å². The number of benzene rings is 1. The summed E-state index contributed by atoms with van der Waals surface area (Å²) in [7, 11) is 0. The van der Waals surface area contributed by atoms with E-state index in [1.54, 1.807) is 12.1 Å². The fourth-order valence-electron chi connectivity index (χ4n) is 1.75. The van der Waals surface area contributed by atoms with E-state index in [9.17, 15) is 9.90 Å². The fraction of sp³-hybridized carbons (Fsp3) is 0.462. The van der Waals surface area contributed by atoms with E-state index >= 15 is 0 Å². The molecule has 0 bridgehead atoms. The lowest BCUT2D eigenvalue weighted by atomic mass is 9.98. The van der Waals surface area contributed by atoms with Gasteiger partial charge in [-0.3, -0.25) is 0 Å². The molecule has 1 atom stereocenters. The van der Waals surface area contributed by atoms with Crippen LogP contribution in [0.15, 0.2) is 30.3 Å². The number of hydrogen-bond acceptors (Lipinski definition) is 2. The molecule has 1 aromatic rings. The van der Waals surface area contributed by atoms with Crippen molar-refractivity contribution in [1.82, 2.24) is 10.6 Å². The summed E-state index contributed by atoms with van der Waals surface area (Å²) in [5.41, 5.74) is -0.667. The van der Waals surface area contributed by atoms with Gasteiger partial charge in [0.25, 0.3) is 0 Å². The molecule has 0 radical (unpaired) electrons. The van der Waals surface area contributed by atoms with Crippen molar-refractivity contribution in [3.8, 4) is 0 Å². The SMILES string of the molecule is CCCC(O)(NC(=O)NCCCl)c1ccccc1. The third-order valence-electron chi connectivity index (χ3n) is 2.56. The molecule has 18 heavy (non-hydrogen) atoms. The molecule has 1 aromatic carbocycles. The van der Waals surface area contributed by atoms with Gasteiger partial charge in [0.05, 0.1) is 0 Å². The summed E-state index contributed by atoms with van der Waals surface area (Å²) >= 11 is 5.49. The van der Waals surface area contributed by atoms with E-state index in [0.717, 1.165) is 6.42 Å². The third-order valence-corrected chi connectivity index (χ3v) is 2.75. The zero-order valence-corrected chi connectivity index (χ0v) is 11.2. The van der Waals surface area contributed by atoms with Gasteiger partial charge in [-0.25, -0.2) is 4.79 Å². The van der Waals surface area contributed by atoms with Crippen molar-refractivity contribution in [2.24, 2.45) is 0 Å². The Labute approximate surface area is 112 Å². The Hall–Kier alpha value is -1.26. The molecule has 1 unspecified atom stereocenters. The van der Waals surface area contributed by atoms with Crippen LogP contribution in [0.1, 0.15) is 25.3 Å². The summed E-state index contributed by atoms with van der Waals surface area (Å²) in [5, 5.41) is 15.7. The molecule has 4 nitrogen and oxygen atoms in total. The highest BCUT2D eigenvalue weighted by Gasteiger charge is 2.29. The van der Waals surface area contributed by atoms with E-state index in [1.165, 1.54) is 0 Å². The van der Waals surface area contributed by atoms with Gasteiger partial charge >= 0.3 is 6.03 Å². The highest BCUT2D eigenvalue weighted by atomic mass is 35.5. The molecule has 0 aliphatic heterocycles. The number of alkyl halides is 1. The molecule has 100 valence electrons. The maximum atomic E-state index is 11.6. The molecule has 0 heterocycles. The Bertz CT molecular complexity index is 373. The van der Waals surface area contributed by atoms with Crippen LogP contribution in [-0.2, 0) is 5.72 Å². The number of urea groups is 1. The Morgan fingerprint density at radius 1 is 1.39 bits per heavy atom. The second-order valence-electron chi connectivity index (χ2n) is 4.05. The van der Waals surface area contributed by atoms with Gasteiger partial charge in [0, 0.05) is 18.0 Å². The number of amides is 2. The summed E-state index contributed by atoms with van der Waals surface area (Å²) in [6.07, 6.45) is 1.20. The monoisotopic (exact) mass is 270 g/mol. The topological polar surface area (TPSA) is 61.4 Å². The second kappa shape index (κ2) is 7.24. The quantitative estimate of drug-likeness (QED) is 0.548. The Morgan fingerprint density at radius 3 is 2.61 bits per heavy atom. The summed E-state index contributed by atoms with van der Waals surface area (Å²) in [6.45, 7) is 2.32. The van der Waals surface area contributed by atoms with Gasteiger partial charge in [0.1, 0.15) is 0 Å². The molecule has 0 aliphatic rings. The minimum atomic E-state index is -1.34. The van der Waals surface area contributed by atoms with Crippen LogP contribution in [-0.4, -0.2) is 23.6 Å². The largest absolute Gasteiger partial charge is 0.367 e. The van der Waals surface area contributed by atoms with Crippen molar-refractivity contribution < 1.29 is 9.90 Å². The first-order valence-electron chi connectivity index (χ1n) is 6.02. The van der Waals surface area contributed by atoms with Crippen LogP contribution in [0.5, 0.6) is 0 Å². The van der Waals surface area contributed by atoms with E-state index in [4.69, 9.17) is 11.6 Å². The normalized spacial score (nSPS) is 13.7. The molecule has 5 heteroatoms. The predicted octanol–water partition coefficient (Wildman–Crippen LogP) is 2.17. The van der Waals surface area contributed by atoms with Crippen LogP contribution < -0.4 is 10.6 Å². The van der Waals surface area contributed by atoms with E-state index in [2.05, 4.69) is 10.6 Å². The standard InChI is InChI=1S/C13H19ClN2O2/c1-2-8-13(18,11-6-4-3-5-7-11)16-12(17)15-10-9-14/h3-7,18H,2,8-10H2,1H3,(H2,15,16,17). The van der Waals surface area contributed by atoms with Crippen LogP contribution >= 0.6 is 11.6 Å². The molecule has 3 N–H and O–H groups in total. The average molecular weight is 271 g/mol. The molecule has 2 amide bonds. The molecular formula is C13H19ClN2O2. The lowest BCUT2D eigenvalue weighted by molar-refractivity contribution is 0.00311. The zero-order chi connectivity index (χ0) is 13.4. The Balaban J connectivity index is 2.77. The number of hydrogen-bond donors (Lipinski definition) is 3. The number of rotatable bonds is 6. The van der Waals surface area contributed by atoms with E-state index < -0.39 is 11.8 Å². The molecule has 0 spiro atoms. The summed E-state index contributed by atoms with van der Waals surface area (Å²) in [4.78, 5) is 11.6. The minimum Gasteiger partial charge on any atom is -0.367 e. The van der Waals surface area contributed by atoms with Crippen LogP contribution in [0.4, 0.5) is 4.79 Å². The van der Waals surface area contributed by atoms with Gasteiger partial charge in [-0.2, -0.15) is 0 Å². The molecule has 0 saturated carbocycles. The first-order valence-corrected chi connectivity index (χ1v) is 6.55. The number of aliphatic hydroxyl groups is 1. The zero-order valence-electron chi connectivity index (χ0n) is 10.4. The van der Waals surface area contributed by atoms with Crippen LogP contribution in [0.25, 0.3) is 0 Å². The van der Waals surface area contributed by atoms with Gasteiger partial charge in [-0.1, -0.05) is 43.7 Å². The molecular weight excluding hydrogens is 252 g/mol. The first kappa shape index (κ1) is 14.8. The van der Waals surface area contributed by atoms with Crippen LogP contribution in [0.2, 0.25) is 0 Å². The summed E-state index contributed by atoms with van der Waals surface area (Å²) in [5.74, 6) is 0.338. The number of carbonyl (C=O) groups is 1. The Kier molecular flexibility index (Phi) is 5.95. The summed E-state index contributed by atoms with van der Waals surface area (Å²) < 4.78 is 0. The molecule has 0 saturated heterocycles. The predicted molar refractivity (Wildman–Crippen MR) is 72.5 cm³/mol. The van der Waals surface area contributed by atoms with Gasteiger partial charge in [-0.15, -0.1) is 11.6 Å². The van der Waals surface area contributed by atoms with Gasteiger partial charge in [-0.05, 0) is 6.42 Å². The second-order valence-corrected chi connectivity index (χ2v) is 4.42. The number of halogens is 1. The minimum absolute atomic E-state index is 0.338. The third kappa shape index (κ3) is 4.20. The van der Waals surface area contributed by atoms with Gasteiger partial charge in [0.15, 0.2) is 5.72 Å². The highest BCUT2D eigenvalue weighted by Crippen LogP contribution is 2.23. The van der Waals surface area contributed by atoms with E-state index in [1.807, 2.05) is 25.1 Å². The van der Waals surface area contributed by atoms with Gasteiger partial charge in [0.2, 0.25) is 0 Å². The van der Waals surface area contributed by atoms with Crippen LogP contribution in [0, 0.1) is 0 Å². The highest BCUT2D eigenvalue weighted by molar-refractivity contribution is 6.18. The van der Waals surface area contributed by atoms with Gasteiger partial charge < -0.3 is 15.7 Å².